The van der Waals surface area contributed by atoms with Crippen molar-refractivity contribution in [3.8, 4) is 5.75 Å². The van der Waals surface area contributed by atoms with Gasteiger partial charge in [-0.25, -0.2) is 9.63 Å². The van der Waals surface area contributed by atoms with Crippen molar-refractivity contribution in [1.82, 2.24) is 15.9 Å². The minimum Gasteiger partial charge on any atom is -0.480 e. The Morgan fingerprint density at radius 3 is 2.42 bits per heavy atom. The van der Waals surface area contributed by atoms with E-state index in [4.69, 9.17) is 14.7 Å². The van der Waals surface area contributed by atoms with E-state index in [9.17, 15) is 47.4 Å². The number of aliphatic carboxylic acids is 1. The fraction of sp³-hybridized carbons (Fsp3) is 0.474. The third-order valence-corrected chi connectivity index (χ3v) is 6.54. The summed E-state index contributed by atoms with van der Waals surface area (Å²) < 4.78 is 117. The highest BCUT2D eigenvalue weighted by atomic mass is 32.5. The Morgan fingerprint density at radius 1 is 1.24 bits per heavy atom. The number of rotatable bonds is 8. The zero-order valence-corrected chi connectivity index (χ0v) is 20.2. The van der Waals surface area contributed by atoms with E-state index in [1.54, 1.807) is 0 Å². The van der Waals surface area contributed by atoms with Crippen molar-refractivity contribution in [2.24, 2.45) is 0 Å². The second-order valence-corrected chi connectivity index (χ2v) is 10.8. The second kappa shape index (κ2) is 9.19. The van der Waals surface area contributed by atoms with Crippen LogP contribution >= 0.6 is 10.2 Å². The predicted octanol–water partition coefficient (Wildman–Crippen LogP) is 4.84. The van der Waals surface area contributed by atoms with E-state index < -0.39 is 74.1 Å². The summed E-state index contributed by atoms with van der Waals surface area (Å²) in [6, 6.07) is -1.32. The topological polar surface area (TPSA) is 121 Å². The number of esters is 1. The third kappa shape index (κ3) is 6.64. The van der Waals surface area contributed by atoms with E-state index in [1.165, 1.54) is 0 Å². The van der Waals surface area contributed by atoms with Gasteiger partial charge in [-0.2, -0.15) is 18.2 Å². The van der Waals surface area contributed by atoms with Gasteiger partial charge in [-0.05, 0) is 55.7 Å². The maximum absolute atomic E-state index is 13.6. The number of hydrogen-bond donors (Lipinski definition) is 3. The summed E-state index contributed by atoms with van der Waals surface area (Å²) >= 11 is 0. The molecule has 3 atom stereocenters. The molecule has 3 N–H and O–H groups in total. The van der Waals surface area contributed by atoms with Crippen molar-refractivity contribution >= 4 is 28.2 Å². The number of carbonyl (C=O) groups excluding carboxylic acids is 1. The van der Waals surface area contributed by atoms with Crippen molar-refractivity contribution in [3.63, 3.8) is 0 Å². The van der Waals surface area contributed by atoms with Gasteiger partial charge in [-0.1, -0.05) is 25.0 Å². The number of fused-ring (bicyclic) bond motifs is 1. The molecule has 3 rings (SSSR count). The lowest BCUT2D eigenvalue weighted by Gasteiger charge is -2.41. The van der Waals surface area contributed by atoms with Crippen LogP contribution in [0.4, 0.5) is 32.6 Å². The second-order valence-electron chi connectivity index (χ2n) is 8.40. The summed E-state index contributed by atoms with van der Waals surface area (Å²) in [6.07, 6.45) is -9.22. The van der Waals surface area contributed by atoms with Gasteiger partial charge < -0.3 is 14.6 Å². The predicted molar refractivity (Wildman–Crippen MR) is 112 cm³/mol. The lowest BCUT2D eigenvalue weighted by molar-refractivity contribution is -0.367. The van der Waals surface area contributed by atoms with Gasteiger partial charge in [-0.3, -0.25) is 10.0 Å². The number of ether oxygens (including phenoxy) is 2. The summed E-state index contributed by atoms with van der Waals surface area (Å²) in [5.41, 5.74) is -1.12. The van der Waals surface area contributed by atoms with Gasteiger partial charge >= 0.3 is 28.3 Å². The lowest BCUT2D eigenvalue weighted by Crippen LogP contribution is -2.53. The van der Waals surface area contributed by atoms with Gasteiger partial charge in [0, 0.05) is 12.1 Å². The van der Waals surface area contributed by atoms with Crippen LogP contribution in [-0.2, 0) is 19.2 Å². The first-order valence-corrected chi connectivity index (χ1v) is 12.5. The molecule has 0 saturated carbocycles. The van der Waals surface area contributed by atoms with Crippen molar-refractivity contribution in [2.75, 3.05) is 6.54 Å². The molecular formula is C19H21F8N3O7S. The number of carboxylic acids is 1. The number of hydrazine groups is 2. The molecule has 0 radical (unpaired) electrons. The maximum Gasteiger partial charge on any atom is 0.430 e. The number of carboxylic acid groups (broad SMARTS) is 1. The molecule has 0 aliphatic carbocycles. The fourth-order valence-corrected chi connectivity index (χ4v) is 4.49. The normalized spacial score (nSPS) is 23.1. The molecular weight excluding hydrogens is 566 g/mol. The van der Waals surface area contributed by atoms with Crippen LogP contribution in [-0.4, -0.2) is 63.7 Å². The first-order chi connectivity index (χ1) is 17.1. The van der Waals surface area contributed by atoms with E-state index in [0.29, 0.717) is 12.5 Å². The van der Waals surface area contributed by atoms with Gasteiger partial charge in [0.25, 0.3) is 0 Å². The molecule has 0 spiro atoms. The van der Waals surface area contributed by atoms with Crippen molar-refractivity contribution in [1.29, 1.82) is 0 Å². The Hall–Kier alpha value is -2.71. The maximum atomic E-state index is 13.6. The molecule has 0 bridgehead atoms. The highest BCUT2D eigenvalue weighted by molar-refractivity contribution is 8.45. The molecule has 0 amide bonds. The molecule has 2 aliphatic heterocycles. The third-order valence-electron chi connectivity index (χ3n) is 5.41. The summed E-state index contributed by atoms with van der Waals surface area (Å²) in [7, 11) is -10.2. The van der Waals surface area contributed by atoms with Gasteiger partial charge in [0.05, 0.1) is 5.57 Å². The Bertz CT molecular complexity index is 1160. The molecule has 19 heteroatoms. The quantitative estimate of drug-likeness (QED) is 0.169. The van der Waals surface area contributed by atoms with Crippen molar-refractivity contribution < 1.29 is 66.8 Å². The number of nitrogens with one attached hydrogen (secondary N) is 1. The van der Waals surface area contributed by atoms with Crippen LogP contribution in [0, 0.1) is 6.92 Å². The van der Waals surface area contributed by atoms with Crippen LogP contribution in [0.15, 0.2) is 22.6 Å². The molecule has 1 saturated heterocycles. The van der Waals surface area contributed by atoms with Crippen LogP contribution in [0.1, 0.15) is 30.9 Å². The average molecular weight is 587 g/mol. The molecule has 10 nitrogen and oxygen atoms in total. The van der Waals surface area contributed by atoms with Crippen LogP contribution in [0.3, 0.4) is 0 Å². The standard InChI is InChI=1S/C19H21F8N3O7S/c1-9-6-12(38(23,24,25,26)27)7-11-8-13(16(19(20,21)22)36-15(9)11)18(33)35-10(2)37-28-30(34)29-5-3-4-14(29)17(31)32/h6-8,10,14,16,28,34H,3-5H2,1-2H3,(H,31,32)/t10?,14-,16-/m0/s1. The van der Waals surface area contributed by atoms with Crippen LogP contribution in [0.2, 0.25) is 0 Å². The number of alkyl halides is 3. The van der Waals surface area contributed by atoms with Crippen molar-refractivity contribution in [2.45, 2.75) is 56.2 Å². The zero-order valence-electron chi connectivity index (χ0n) is 19.3. The van der Waals surface area contributed by atoms with Crippen LogP contribution in [0.25, 0.3) is 6.08 Å². The highest BCUT2D eigenvalue weighted by Crippen LogP contribution is 3.02. The van der Waals surface area contributed by atoms with Gasteiger partial charge in [0.15, 0.2) is 0 Å². The number of aryl methyl sites for hydroxylation is 1. The molecule has 38 heavy (non-hydrogen) atoms. The van der Waals surface area contributed by atoms with E-state index in [0.717, 1.165) is 18.9 Å². The summed E-state index contributed by atoms with van der Waals surface area (Å²) in [6.45, 7) is 1.87. The molecule has 1 fully saturated rings. The van der Waals surface area contributed by atoms with E-state index >= 15 is 0 Å². The monoisotopic (exact) mass is 587 g/mol. The Morgan fingerprint density at radius 2 is 1.87 bits per heavy atom. The van der Waals surface area contributed by atoms with E-state index in [-0.39, 0.29) is 30.4 Å². The smallest absolute Gasteiger partial charge is 0.430 e. The minimum absolute atomic E-state index is 0.0531. The summed E-state index contributed by atoms with van der Waals surface area (Å²) in [5, 5.41) is 20.1. The Labute approximate surface area is 208 Å². The summed E-state index contributed by atoms with van der Waals surface area (Å²) in [5.74, 6) is -3.86. The number of nitrogens with zero attached hydrogens (tertiary/aromatic N) is 2. The Balaban J connectivity index is 1.82. The number of carbonyl (C=O) groups is 2. The number of benzene rings is 1. The molecule has 2 heterocycles. The molecule has 0 aromatic heterocycles. The van der Waals surface area contributed by atoms with E-state index in [2.05, 4.69) is 4.74 Å². The highest BCUT2D eigenvalue weighted by Gasteiger charge is 2.65. The number of hydrogen-bond acceptors (Lipinski definition) is 9. The van der Waals surface area contributed by atoms with Crippen molar-refractivity contribution in [3.05, 3.63) is 28.8 Å². The lowest BCUT2D eigenvalue weighted by atomic mass is 9.99. The molecule has 1 unspecified atom stereocenters. The molecule has 1 aromatic carbocycles. The molecule has 216 valence electrons. The van der Waals surface area contributed by atoms with Gasteiger partial charge in [-0.15, -0.1) is 0 Å². The average Bonchev–Trinajstić information content (AvgIpc) is 3.25. The molecule has 1 aromatic rings. The Kier molecular flexibility index (Phi) is 7.22. The first kappa shape index (κ1) is 29.8. The van der Waals surface area contributed by atoms with E-state index in [1.807, 2.05) is 5.59 Å². The first-order valence-electron chi connectivity index (χ1n) is 10.5. The fourth-order valence-electron chi connectivity index (χ4n) is 3.74. The SMILES string of the molecule is Cc1cc(S(F)(F)(F)(F)F)cc2c1O[C@H](C(F)(F)F)C(C(=O)OC(C)ONN(O)N1CCC[C@H]1C(=O)O)=C2. The summed E-state index contributed by atoms with van der Waals surface area (Å²) in [4.78, 5) is 26.0. The molecule has 2 aliphatic rings. The van der Waals surface area contributed by atoms with Crippen LogP contribution in [0.5, 0.6) is 5.75 Å². The zero-order chi connectivity index (χ0) is 28.9. The van der Waals surface area contributed by atoms with Gasteiger partial charge in [0.2, 0.25) is 12.4 Å². The van der Waals surface area contributed by atoms with Crippen LogP contribution < -0.4 is 10.3 Å². The number of halogens is 8. The minimum atomic E-state index is -10.2. The largest absolute Gasteiger partial charge is 0.480 e. The van der Waals surface area contributed by atoms with Gasteiger partial charge in [0.1, 0.15) is 16.7 Å².